The van der Waals surface area contributed by atoms with Crippen LogP contribution in [-0.2, 0) is 11.3 Å². The third-order valence-corrected chi connectivity index (χ3v) is 2.94. The van der Waals surface area contributed by atoms with Crippen LogP contribution in [-0.4, -0.2) is 37.9 Å². The molecule has 4 N–H and O–H groups in total. The van der Waals surface area contributed by atoms with Crippen LogP contribution in [0.5, 0.6) is 11.5 Å². The van der Waals surface area contributed by atoms with Crippen molar-refractivity contribution in [3.8, 4) is 11.5 Å². The maximum absolute atomic E-state index is 10.7. The van der Waals surface area contributed by atoms with Crippen molar-refractivity contribution in [2.24, 2.45) is 5.73 Å². The van der Waals surface area contributed by atoms with Gasteiger partial charge in [-0.3, -0.25) is 4.79 Å². The lowest BCUT2D eigenvalue weighted by atomic mass is 10.2. The topological polar surface area (TPSA) is 93.8 Å². The van der Waals surface area contributed by atoms with Gasteiger partial charge in [-0.1, -0.05) is 6.07 Å². The smallest absolute Gasteiger partial charge is 0.255 e. The number of methoxy groups -OCH3 is 1. The standard InChI is InChI=1S/C15H24N2O4.ClH/c1-20-14-9-12(10-17-7-3-2-4-8-18)5-6-13(14)21-11-15(16)19;/h5-6,9,17-18H,2-4,7-8,10-11H2,1H3,(H2,16,19);1H. The highest BCUT2D eigenvalue weighted by Crippen LogP contribution is 2.27. The van der Waals surface area contributed by atoms with E-state index >= 15 is 0 Å². The molecule has 0 aliphatic heterocycles. The van der Waals surface area contributed by atoms with Crippen LogP contribution in [0.25, 0.3) is 0 Å². The van der Waals surface area contributed by atoms with Crippen LogP contribution >= 0.6 is 12.4 Å². The maximum atomic E-state index is 10.7. The molecule has 0 spiro atoms. The molecular weight excluding hydrogens is 308 g/mol. The average Bonchev–Trinajstić information content (AvgIpc) is 2.49. The molecule has 0 unspecified atom stereocenters. The Labute approximate surface area is 137 Å². The first-order valence-corrected chi connectivity index (χ1v) is 7.07. The van der Waals surface area contributed by atoms with Crippen molar-refractivity contribution in [1.29, 1.82) is 0 Å². The second-order valence-corrected chi connectivity index (χ2v) is 4.70. The fraction of sp³-hybridized carbons (Fsp3) is 0.533. The molecule has 1 aromatic carbocycles. The minimum absolute atomic E-state index is 0. The van der Waals surface area contributed by atoms with Crippen LogP contribution in [0.15, 0.2) is 18.2 Å². The van der Waals surface area contributed by atoms with E-state index < -0.39 is 5.91 Å². The van der Waals surface area contributed by atoms with E-state index in [1.165, 1.54) is 0 Å². The number of carbonyl (C=O) groups is 1. The van der Waals surface area contributed by atoms with Gasteiger partial charge in [0.1, 0.15) is 0 Å². The quantitative estimate of drug-likeness (QED) is 0.530. The van der Waals surface area contributed by atoms with Gasteiger partial charge in [-0.15, -0.1) is 12.4 Å². The van der Waals surface area contributed by atoms with Gasteiger partial charge in [0.15, 0.2) is 18.1 Å². The van der Waals surface area contributed by atoms with Crippen LogP contribution in [0.1, 0.15) is 24.8 Å². The van der Waals surface area contributed by atoms with E-state index in [1.54, 1.807) is 13.2 Å². The molecule has 1 rings (SSSR count). The van der Waals surface area contributed by atoms with Gasteiger partial charge in [0, 0.05) is 13.2 Å². The van der Waals surface area contributed by atoms with Crippen LogP contribution in [0.2, 0.25) is 0 Å². The molecule has 0 atom stereocenters. The molecule has 0 aliphatic rings. The van der Waals surface area contributed by atoms with E-state index in [9.17, 15) is 4.79 Å². The van der Waals surface area contributed by atoms with Crippen molar-refractivity contribution < 1.29 is 19.4 Å². The molecule has 22 heavy (non-hydrogen) atoms. The second-order valence-electron chi connectivity index (χ2n) is 4.70. The highest BCUT2D eigenvalue weighted by molar-refractivity contribution is 5.85. The van der Waals surface area contributed by atoms with Gasteiger partial charge in [-0.25, -0.2) is 0 Å². The predicted octanol–water partition coefficient (Wildman–Crippen LogP) is 1.23. The number of nitrogens with one attached hydrogen (secondary N) is 1. The second kappa shape index (κ2) is 12.1. The van der Waals surface area contributed by atoms with Gasteiger partial charge in [-0.05, 0) is 43.5 Å². The highest BCUT2D eigenvalue weighted by atomic mass is 35.5. The number of ether oxygens (including phenoxy) is 2. The average molecular weight is 333 g/mol. The Morgan fingerprint density at radius 3 is 2.68 bits per heavy atom. The van der Waals surface area contributed by atoms with E-state index in [0.717, 1.165) is 37.9 Å². The summed E-state index contributed by atoms with van der Waals surface area (Å²) in [7, 11) is 1.55. The van der Waals surface area contributed by atoms with Gasteiger partial charge in [0.25, 0.3) is 5.91 Å². The number of carbonyl (C=O) groups excluding carboxylic acids is 1. The van der Waals surface area contributed by atoms with E-state index in [-0.39, 0.29) is 25.6 Å². The van der Waals surface area contributed by atoms with Crippen LogP contribution in [0.4, 0.5) is 0 Å². The minimum atomic E-state index is -0.523. The number of aliphatic hydroxyl groups excluding tert-OH is 1. The van der Waals surface area contributed by atoms with Crippen molar-refractivity contribution >= 4 is 18.3 Å². The Balaban J connectivity index is 0.00000441. The molecule has 0 heterocycles. The third kappa shape index (κ3) is 8.07. The summed E-state index contributed by atoms with van der Waals surface area (Å²) in [5.74, 6) is 0.560. The fourth-order valence-electron chi connectivity index (χ4n) is 1.86. The number of unbranched alkanes of at least 4 members (excludes halogenated alkanes) is 2. The SMILES string of the molecule is COc1cc(CNCCCCCO)ccc1OCC(N)=O.Cl. The Hall–Kier alpha value is -1.50. The molecule has 0 fully saturated rings. The molecule has 126 valence electrons. The minimum Gasteiger partial charge on any atom is -0.493 e. The Morgan fingerprint density at radius 1 is 1.27 bits per heavy atom. The molecule has 6 nitrogen and oxygen atoms in total. The Morgan fingerprint density at radius 2 is 2.05 bits per heavy atom. The van der Waals surface area contributed by atoms with E-state index in [2.05, 4.69) is 5.32 Å². The number of halogens is 1. The van der Waals surface area contributed by atoms with Crippen LogP contribution in [0, 0.1) is 0 Å². The number of rotatable bonds is 11. The van der Waals surface area contributed by atoms with Gasteiger partial charge in [0.2, 0.25) is 0 Å². The van der Waals surface area contributed by atoms with Gasteiger partial charge >= 0.3 is 0 Å². The Bertz CT molecular complexity index is 444. The fourth-order valence-corrected chi connectivity index (χ4v) is 1.86. The zero-order chi connectivity index (χ0) is 15.5. The molecule has 0 bridgehead atoms. The number of aliphatic hydroxyl groups is 1. The largest absolute Gasteiger partial charge is 0.493 e. The first-order chi connectivity index (χ1) is 10.2. The van der Waals surface area contributed by atoms with E-state index in [0.29, 0.717) is 11.5 Å². The van der Waals surface area contributed by atoms with Crippen LogP contribution < -0.4 is 20.5 Å². The lowest BCUT2D eigenvalue weighted by Crippen LogP contribution is -2.20. The molecule has 1 aromatic rings. The molecule has 1 amide bonds. The zero-order valence-electron chi connectivity index (χ0n) is 12.8. The summed E-state index contributed by atoms with van der Waals surface area (Å²) in [6.45, 7) is 1.72. The van der Waals surface area contributed by atoms with Crippen molar-refractivity contribution in [1.82, 2.24) is 5.32 Å². The van der Waals surface area contributed by atoms with Crippen LogP contribution in [0.3, 0.4) is 0 Å². The lowest BCUT2D eigenvalue weighted by Gasteiger charge is -2.11. The highest BCUT2D eigenvalue weighted by Gasteiger charge is 2.07. The van der Waals surface area contributed by atoms with Gasteiger partial charge in [0.05, 0.1) is 7.11 Å². The number of amides is 1. The summed E-state index contributed by atoms with van der Waals surface area (Å²) in [5.41, 5.74) is 6.12. The molecule has 0 saturated carbocycles. The lowest BCUT2D eigenvalue weighted by molar-refractivity contribution is -0.119. The normalized spacial score (nSPS) is 9.91. The van der Waals surface area contributed by atoms with E-state index in [4.69, 9.17) is 20.3 Å². The first kappa shape index (κ1) is 20.5. The summed E-state index contributed by atoms with van der Waals surface area (Å²) in [6, 6.07) is 5.56. The summed E-state index contributed by atoms with van der Waals surface area (Å²) >= 11 is 0. The third-order valence-electron chi connectivity index (χ3n) is 2.94. The van der Waals surface area contributed by atoms with Crippen molar-refractivity contribution in [3.05, 3.63) is 23.8 Å². The zero-order valence-corrected chi connectivity index (χ0v) is 13.7. The number of benzene rings is 1. The predicted molar refractivity (Wildman–Crippen MR) is 87.6 cm³/mol. The maximum Gasteiger partial charge on any atom is 0.255 e. The summed E-state index contributed by atoms with van der Waals surface area (Å²) in [6.07, 6.45) is 2.91. The molecule has 0 saturated heterocycles. The first-order valence-electron chi connectivity index (χ1n) is 7.07. The number of primary amides is 1. The molecule has 0 aromatic heterocycles. The molecule has 0 radical (unpaired) electrons. The monoisotopic (exact) mass is 332 g/mol. The number of hydrogen-bond acceptors (Lipinski definition) is 5. The summed E-state index contributed by atoms with van der Waals surface area (Å²) in [5, 5.41) is 12.0. The van der Waals surface area contributed by atoms with E-state index in [1.807, 2.05) is 12.1 Å². The summed E-state index contributed by atoms with van der Waals surface area (Å²) < 4.78 is 10.5. The Kier molecular flexibility index (Phi) is 11.3. The molecular formula is C15H25ClN2O4. The van der Waals surface area contributed by atoms with Crippen molar-refractivity contribution in [2.75, 3.05) is 26.9 Å². The molecule has 0 aliphatic carbocycles. The van der Waals surface area contributed by atoms with Gasteiger partial charge in [-0.2, -0.15) is 0 Å². The van der Waals surface area contributed by atoms with Crippen molar-refractivity contribution in [3.63, 3.8) is 0 Å². The summed E-state index contributed by atoms with van der Waals surface area (Å²) in [4.78, 5) is 10.7. The van der Waals surface area contributed by atoms with Crippen molar-refractivity contribution in [2.45, 2.75) is 25.8 Å². The number of nitrogens with two attached hydrogens (primary N) is 1. The number of hydrogen-bond donors (Lipinski definition) is 3. The molecule has 7 heteroatoms. The van der Waals surface area contributed by atoms with Gasteiger partial charge < -0.3 is 25.6 Å².